The highest BCUT2D eigenvalue weighted by Gasteiger charge is 2.38. The summed E-state index contributed by atoms with van der Waals surface area (Å²) in [5, 5.41) is 6.58. The molecule has 2 amide bonds. The molecule has 5 nitrogen and oxygen atoms in total. The topological polar surface area (TPSA) is 61.4 Å². The maximum absolute atomic E-state index is 13.1. The van der Waals surface area contributed by atoms with Crippen molar-refractivity contribution in [2.24, 2.45) is 0 Å². The second-order valence-electron chi connectivity index (χ2n) is 7.94. The zero-order valence-electron chi connectivity index (χ0n) is 15.4. The maximum Gasteiger partial charge on any atom is 0.243 e. The number of amides is 2. The minimum Gasteiger partial charge on any atom is -0.352 e. The molecule has 1 saturated carbocycles. The van der Waals surface area contributed by atoms with Crippen molar-refractivity contribution in [3.63, 3.8) is 0 Å². The molecule has 0 unspecified atom stereocenters. The number of likely N-dealkylation sites (tertiary alicyclic amines) is 1. The van der Waals surface area contributed by atoms with Crippen molar-refractivity contribution in [1.29, 1.82) is 0 Å². The molecule has 140 valence electrons. The third-order valence-corrected chi connectivity index (χ3v) is 6.17. The van der Waals surface area contributed by atoms with Crippen LogP contribution in [0.4, 0.5) is 0 Å². The van der Waals surface area contributed by atoms with Gasteiger partial charge in [-0.15, -0.1) is 0 Å². The SMILES string of the molecule is O=C(NC1CCCCC1)[C@H]1CCCN1C(=O)[C@H]1Cc2ccccc2CN1. The van der Waals surface area contributed by atoms with Crippen LogP contribution >= 0.6 is 0 Å². The predicted octanol–water partition coefficient (Wildman–Crippen LogP) is 2.14. The molecule has 2 N–H and O–H groups in total. The minimum atomic E-state index is -0.289. The van der Waals surface area contributed by atoms with Crippen LogP contribution in [0.1, 0.15) is 56.1 Å². The van der Waals surface area contributed by atoms with E-state index < -0.39 is 0 Å². The van der Waals surface area contributed by atoms with Gasteiger partial charge in [0.15, 0.2) is 0 Å². The van der Waals surface area contributed by atoms with Crippen molar-refractivity contribution in [2.75, 3.05) is 6.54 Å². The molecule has 5 heteroatoms. The van der Waals surface area contributed by atoms with E-state index in [9.17, 15) is 9.59 Å². The number of fused-ring (bicyclic) bond motifs is 1. The Morgan fingerprint density at radius 3 is 2.58 bits per heavy atom. The molecule has 1 aromatic rings. The van der Waals surface area contributed by atoms with E-state index >= 15 is 0 Å². The number of rotatable bonds is 3. The van der Waals surface area contributed by atoms with Crippen LogP contribution in [0.3, 0.4) is 0 Å². The highest BCUT2D eigenvalue weighted by atomic mass is 16.2. The van der Waals surface area contributed by atoms with Crippen LogP contribution in [0.2, 0.25) is 0 Å². The van der Waals surface area contributed by atoms with Crippen molar-refractivity contribution in [3.05, 3.63) is 35.4 Å². The normalized spacial score (nSPS) is 26.4. The van der Waals surface area contributed by atoms with Gasteiger partial charge >= 0.3 is 0 Å². The smallest absolute Gasteiger partial charge is 0.243 e. The Bertz CT molecular complexity index is 669. The summed E-state index contributed by atoms with van der Waals surface area (Å²) in [5.41, 5.74) is 2.51. The molecule has 0 spiro atoms. The minimum absolute atomic E-state index is 0.0546. The Balaban J connectivity index is 1.39. The maximum atomic E-state index is 13.1. The van der Waals surface area contributed by atoms with Crippen LogP contribution in [-0.4, -0.2) is 41.4 Å². The van der Waals surface area contributed by atoms with E-state index in [0.29, 0.717) is 19.0 Å². The van der Waals surface area contributed by atoms with Crippen molar-refractivity contribution in [1.82, 2.24) is 15.5 Å². The van der Waals surface area contributed by atoms with Crippen molar-refractivity contribution >= 4 is 11.8 Å². The van der Waals surface area contributed by atoms with Crippen molar-refractivity contribution in [2.45, 2.75) is 76.0 Å². The first-order valence-corrected chi connectivity index (χ1v) is 10.1. The Labute approximate surface area is 155 Å². The summed E-state index contributed by atoms with van der Waals surface area (Å²) in [7, 11) is 0. The molecule has 0 bridgehead atoms. The zero-order chi connectivity index (χ0) is 17.9. The van der Waals surface area contributed by atoms with Crippen LogP contribution in [-0.2, 0) is 22.6 Å². The van der Waals surface area contributed by atoms with Gasteiger partial charge in [-0.3, -0.25) is 9.59 Å². The largest absolute Gasteiger partial charge is 0.352 e. The van der Waals surface area contributed by atoms with Crippen LogP contribution in [0.15, 0.2) is 24.3 Å². The van der Waals surface area contributed by atoms with Gasteiger partial charge in [0.05, 0.1) is 6.04 Å². The average Bonchev–Trinajstić information content (AvgIpc) is 3.18. The average molecular weight is 355 g/mol. The third kappa shape index (κ3) is 3.63. The summed E-state index contributed by atoms with van der Waals surface area (Å²) in [6, 6.07) is 8.08. The predicted molar refractivity (Wildman–Crippen MR) is 101 cm³/mol. The number of benzene rings is 1. The Hall–Kier alpha value is -1.88. The standard InChI is InChI=1S/C21H29N3O2/c25-20(23-17-9-2-1-3-10-17)19-11-6-12-24(19)21(26)18-13-15-7-4-5-8-16(15)14-22-18/h4-5,7-8,17-19,22H,1-3,6,9-14H2,(H,23,25)/t18-,19-/m1/s1. The van der Waals surface area contributed by atoms with E-state index in [2.05, 4.69) is 22.8 Å². The Morgan fingerprint density at radius 2 is 1.77 bits per heavy atom. The van der Waals surface area contributed by atoms with Gasteiger partial charge in [0.25, 0.3) is 0 Å². The lowest BCUT2D eigenvalue weighted by Gasteiger charge is -2.32. The molecule has 0 radical (unpaired) electrons. The lowest BCUT2D eigenvalue weighted by molar-refractivity contribution is -0.140. The molecule has 2 atom stereocenters. The first-order valence-electron chi connectivity index (χ1n) is 10.1. The summed E-state index contributed by atoms with van der Waals surface area (Å²) >= 11 is 0. The number of carbonyl (C=O) groups is 2. The molecule has 3 aliphatic rings. The molecule has 26 heavy (non-hydrogen) atoms. The fourth-order valence-electron chi connectivity index (χ4n) is 4.68. The molecule has 2 fully saturated rings. The Morgan fingerprint density at radius 1 is 1.00 bits per heavy atom. The number of carbonyl (C=O) groups excluding carboxylic acids is 2. The Kier molecular flexibility index (Phi) is 5.25. The summed E-state index contributed by atoms with van der Waals surface area (Å²) < 4.78 is 0. The molecule has 4 rings (SSSR count). The van der Waals surface area contributed by atoms with E-state index in [-0.39, 0.29) is 23.9 Å². The van der Waals surface area contributed by atoms with Crippen LogP contribution < -0.4 is 10.6 Å². The molecule has 2 heterocycles. The summed E-state index contributed by atoms with van der Waals surface area (Å²) in [6.45, 7) is 1.42. The lowest BCUT2D eigenvalue weighted by atomic mass is 9.94. The third-order valence-electron chi connectivity index (χ3n) is 6.17. The summed E-state index contributed by atoms with van der Waals surface area (Å²) in [5.74, 6) is 0.139. The molecule has 1 aromatic carbocycles. The highest BCUT2D eigenvalue weighted by molar-refractivity contribution is 5.90. The molecule has 2 aliphatic heterocycles. The van der Waals surface area contributed by atoms with E-state index in [1.54, 1.807) is 0 Å². The molecular formula is C21H29N3O2. The van der Waals surface area contributed by atoms with Gasteiger partial charge in [0.1, 0.15) is 6.04 Å². The summed E-state index contributed by atoms with van der Waals surface area (Å²) in [6.07, 6.45) is 8.23. The number of hydrogen-bond acceptors (Lipinski definition) is 3. The molecule has 1 saturated heterocycles. The van der Waals surface area contributed by atoms with Crippen molar-refractivity contribution in [3.8, 4) is 0 Å². The van der Waals surface area contributed by atoms with Gasteiger partial charge < -0.3 is 15.5 Å². The van der Waals surface area contributed by atoms with E-state index in [0.717, 1.165) is 32.2 Å². The fraction of sp³-hybridized carbons (Fsp3) is 0.619. The van der Waals surface area contributed by atoms with E-state index in [1.807, 2.05) is 17.0 Å². The van der Waals surface area contributed by atoms with Gasteiger partial charge in [-0.1, -0.05) is 43.5 Å². The fourth-order valence-corrected chi connectivity index (χ4v) is 4.68. The van der Waals surface area contributed by atoms with Gasteiger partial charge in [0, 0.05) is 19.1 Å². The zero-order valence-corrected chi connectivity index (χ0v) is 15.4. The first kappa shape index (κ1) is 17.5. The van der Waals surface area contributed by atoms with Gasteiger partial charge in [-0.05, 0) is 43.2 Å². The van der Waals surface area contributed by atoms with Gasteiger partial charge in [0.2, 0.25) is 11.8 Å². The number of nitrogens with zero attached hydrogens (tertiary/aromatic N) is 1. The number of hydrogen-bond donors (Lipinski definition) is 2. The summed E-state index contributed by atoms with van der Waals surface area (Å²) in [4.78, 5) is 27.7. The van der Waals surface area contributed by atoms with Crippen molar-refractivity contribution < 1.29 is 9.59 Å². The highest BCUT2D eigenvalue weighted by Crippen LogP contribution is 2.24. The molecule has 1 aliphatic carbocycles. The second kappa shape index (κ2) is 7.78. The first-order chi connectivity index (χ1) is 12.7. The lowest BCUT2D eigenvalue weighted by Crippen LogP contribution is -2.55. The number of nitrogens with one attached hydrogen (secondary N) is 2. The van der Waals surface area contributed by atoms with Crippen LogP contribution in [0.25, 0.3) is 0 Å². The van der Waals surface area contributed by atoms with Crippen LogP contribution in [0.5, 0.6) is 0 Å². The van der Waals surface area contributed by atoms with Gasteiger partial charge in [-0.25, -0.2) is 0 Å². The van der Waals surface area contributed by atoms with Crippen LogP contribution in [0, 0.1) is 0 Å². The van der Waals surface area contributed by atoms with E-state index in [1.165, 1.54) is 30.4 Å². The van der Waals surface area contributed by atoms with E-state index in [4.69, 9.17) is 0 Å². The second-order valence-corrected chi connectivity index (χ2v) is 7.94. The quantitative estimate of drug-likeness (QED) is 0.873. The van der Waals surface area contributed by atoms with Gasteiger partial charge in [-0.2, -0.15) is 0 Å². The molecule has 0 aromatic heterocycles. The molecular weight excluding hydrogens is 326 g/mol. The monoisotopic (exact) mass is 355 g/mol.